The van der Waals surface area contributed by atoms with Gasteiger partial charge < -0.3 is 9.84 Å². The lowest BCUT2D eigenvalue weighted by Crippen LogP contribution is -2.26. The predicted octanol–water partition coefficient (Wildman–Crippen LogP) is 3.69. The molecule has 0 saturated heterocycles. The Kier molecular flexibility index (Phi) is 6.40. The van der Waals surface area contributed by atoms with Gasteiger partial charge in [0.15, 0.2) is 0 Å². The van der Waals surface area contributed by atoms with Crippen LogP contribution in [0.15, 0.2) is 24.3 Å². The van der Waals surface area contributed by atoms with E-state index in [0.29, 0.717) is 12.2 Å². The van der Waals surface area contributed by atoms with Crippen LogP contribution < -0.4 is 0 Å². The van der Waals surface area contributed by atoms with Gasteiger partial charge in [0.1, 0.15) is 0 Å². The van der Waals surface area contributed by atoms with Crippen molar-refractivity contribution in [3.8, 4) is 0 Å². The Morgan fingerprint density at radius 1 is 1.14 bits per heavy atom. The molecule has 0 radical (unpaired) electrons. The highest BCUT2D eigenvalue weighted by atomic mass is 16.5. The Balaban J connectivity index is 2.25. The van der Waals surface area contributed by atoms with Crippen LogP contribution in [0.1, 0.15) is 56.0 Å². The zero-order chi connectivity index (χ0) is 15.9. The number of carbonyl (C=O) groups is 2. The van der Waals surface area contributed by atoms with Crippen molar-refractivity contribution >= 4 is 11.9 Å². The van der Waals surface area contributed by atoms with E-state index in [0.717, 1.165) is 31.2 Å². The van der Waals surface area contributed by atoms with Gasteiger partial charge in [-0.2, -0.15) is 0 Å². The molecule has 0 atom stereocenters. The van der Waals surface area contributed by atoms with Gasteiger partial charge in [0.05, 0.1) is 17.6 Å². The molecule has 0 spiro atoms. The number of aromatic carboxylic acids is 1. The molecular weight excluding hydrogens is 268 g/mol. The van der Waals surface area contributed by atoms with Gasteiger partial charge in [-0.3, -0.25) is 4.79 Å². The molecular formula is C17H24O4. The van der Waals surface area contributed by atoms with Crippen LogP contribution in [-0.2, 0) is 16.0 Å². The van der Waals surface area contributed by atoms with E-state index >= 15 is 0 Å². The summed E-state index contributed by atoms with van der Waals surface area (Å²) in [6, 6.07) is 6.88. The van der Waals surface area contributed by atoms with Crippen molar-refractivity contribution in [1.29, 1.82) is 0 Å². The number of esters is 1. The number of hydrogen-bond acceptors (Lipinski definition) is 3. The first-order chi connectivity index (χ1) is 9.86. The number of benzene rings is 1. The second kappa shape index (κ2) is 7.81. The standard InChI is InChI=1S/C17H24O4/c1-4-17(2,3)16(20)21-12-6-5-7-13-8-10-14(11-9-13)15(18)19/h8-11H,4-7,12H2,1-3H3,(H,18,19). The van der Waals surface area contributed by atoms with E-state index in [2.05, 4.69) is 0 Å². The van der Waals surface area contributed by atoms with Crippen LogP contribution in [0.3, 0.4) is 0 Å². The molecule has 0 heterocycles. The first-order valence-electron chi connectivity index (χ1n) is 7.36. The summed E-state index contributed by atoms with van der Waals surface area (Å²) in [5.74, 6) is -1.05. The third kappa shape index (κ3) is 5.58. The molecule has 0 aliphatic heterocycles. The Morgan fingerprint density at radius 3 is 2.29 bits per heavy atom. The molecule has 4 heteroatoms. The van der Waals surface area contributed by atoms with Crippen LogP contribution in [0.25, 0.3) is 0 Å². The van der Waals surface area contributed by atoms with Gasteiger partial charge in [-0.05, 0) is 57.2 Å². The predicted molar refractivity (Wildman–Crippen MR) is 81.4 cm³/mol. The van der Waals surface area contributed by atoms with Gasteiger partial charge in [-0.25, -0.2) is 4.79 Å². The number of carbonyl (C=O) groups excluding carboxylic acids is 1. The Morgan fingerprint density at radius 2 is 1.76 bits per heavy atom. The summed E-state index contributed by atoms with van der Waals surface area (Å²) in [4.78, 5) is 22.5. The number of carboxylic acid groups (broad SMARTS) is 1. The van der Waals surface area contributed by atoms with Gasteiger partial charge in [0.25, 0.3) is 0 Å². The highest BCUT2D eigenvalue weighted by Crippen LogP contribution is 2.21. The average Bonchev–Trinajstić information content (AvgIpc) is 2.47. The molecule has 0 amide bonds. The lowest BCUT2D eigenvalue weighted by molar-refractivity contribution is -0.154. The number of rotatable bonds is 8. The molecule has 116 valence electrons. The van der Waals surface area contributed by atoms with Crippen molar-refractivity contribution in [1.82, 2.24) is 0 Å². The van der Waals surface area contributed by atoms with E-state index < -0.39 is 11.4 Å². The van der Waals surface area contributed by atoms with Crippen molar-refractivity contribution < 1.29 is 19.4 Å². The molecule has 1 N–H and O–H groups in total. The minimum absolute atomic E-state index is 0.143. The monoisotopic (exact) mass is 292 g/mol. The normalized spacial score (nSPS) is 11.2. The van der Waals surface area contributed by atoms with Crippen LogP contribution in [0.4, 0.5) is 0 Å². The molecule has 0 fully saturated rings. The highest BCUT2D eigenvalue weighted by Gasteiger charge is 2.26. The molecule has 21 heavy (non-hydrogen) atoms. The molecule has 1 rings (SSSR count). The van der Waals surface area contributed by atoms with Crippen molar-refractivity contribution in [3.05, 3.63) is 35.4 Å². The minimum Gasteiger partial charge on any atom is -0.478 e. The summed E-state index contributed by atoms with van der Waals surface area (Å²) >= 11 is 0. The lowest BCUT2D eigenvalue weighted by Gasteiger charge is -2.20. The largest absolute Gasteiger partial charge is 0.478 e. The SMILES string of the molecule is CCC(C)(C)C(=O)OCCCCc1ccc(C(=O)O)cc1. The Bertz CT molecular complexity index is 474. The maximum Gasteiger partial charge on any atom is 0.335 e. The van der Waals surface area contributed by atoms with Crippen LogP contribution in [0, 0.1) is 5.41 Å². The summed E-state index contributed by atoms with van der Waals surface area (Å²) < 4.78 is 5.27. The van der Waals surface area contributed by atoms with Gasteiger partial charge in [-0.1, -0.05) is 19.1 Å². The molecule has 0 unspecified atom stereocenters. The summed E-state index contributed by atoms with van der Waals surface area (Å²) in [5, 5.41) is 8.81. The van der Waals surface area contributed by atoms with E-state index in [-0.39, 0.29) is 5.97 Å². The zero-order valence-electron chi connectivity index (χ0n) is 13.0. The first-order valence-corrected chi connectivity index (χ1v) is 7.36. The maximum absolute atomic E-state index is 11.8. The van der Waals surface area contributed by atoms with Gasteiger partial charge in [0, 0.05) is 0 Å². The van der Waals surface area contributed by atoms with Crippen LogP contribution in [-0.4, -0.2) is 23.7 Å². The Hall–Kier alpha value is -1.84. The highest BCUT2D eigenvalue weighted by molar-refractivity contribution is 5.87. The average molecular weight is 292 g/mol. The van der Waals surface area contributed by atoms with Gasteiger partial charge in [0.2, 0.25) is 0 Å². The van der Waals surface area contributed by atoms with Crippen LogP contribution in [0.5, 0.6) is 0 Å². The van der Waals surface area contributed by atoms with Crippen LogP contribution >= 0.6 is 0 Å². The van der Waals surface area contributed by atoms with E-state index in [1.165, 1.54) is 0 Å². The fourth-order valence-electron chi connectivity index (χ4n) is 1.75. The van der Waals surface area contributed by atoms with E-state index in [4.69, 9.17) is 9.84 Å². The summed E-state index contributed by atoms with van der Waals surface area (Å²) in [6.45, 7) is 6.19. The second-order valence-corrected chi connectivity index (χ2v) is 5.83. The Labute approximate surface area is 126 Å². The summed E-state index contributed by atoms with van der Waals surface area (Å²) in [6.07, 6.45) is 3.34. The molecule has 0 saturated carbocycles. The van der Waals surface area contributed by atoms with Crippen molar-refractivity contribution in [3.63, 3.8) is 0 Å². The molecule has 4 nitrogen and oxygen atoms in total. The molecule has 0 bridgehead atoms. The van der Waals surface area contributed by atoms with Gasteiger partial charge >= 0.3 is 11.9 Å². The van der Waals surface area contributed by atoms with E-state index in [1.807, 2.05) is 32.9 Å². The molecule has 1 aromatic rings. The fourth-order valence-corrected chi connectivity index (χ4v) is 1.75. The molecule has 0 aromatic heterocycles. The maximum atomic E-state index is 11.8. The number of aryl methyl sites for hydroxylation is 1. The summed E-state index contributed by atoms with van der Waals surface area (Å²) in [5.41, 5.74) is 0.988. The third-order valence-electron chi connectivity index (χ3n) is 3.73. The lowest BCUT2D eigenvalue weighted by atomic mass is 9.91. The van der Waals surface area contributed by atoms with Crippen molar-refractivity contribution in [2.24, 2.45) is 5.41 Å². The number of unbranched alkanes of at least 4 members (excludes halogenated alkanes) is 1. The van der Waals surface area contributed by atoms with E-state index in [9.17, 15) is 9.59 Å². The molecule has 0 aliphatic carbocycles. The first kappa shape index (κ1) is 17.2. The van der Waals surface area contributed by atoms with E-state index in [1.54, 1.807) is 12.1 Å². The minimum atomic E-state index is -0.910. The van der Waals surface area contributed by atoms with Crippen LogP contribution in [0.2, 0.25) is 0 Å². The summed E-state index contributed by atoms with van der Waals surface area (Å²) in [7, 11) is 0. The second-order valence-electron chi connectivity index (χ2n) is 5.83. The van der Waals surface area contributed by atoms with Gasteiger partial charge in [-0.15, -0.1) is 0 Å². The topological polar surface area (TPSA) is 63.6 Å². The fraction of sp³-hybridized carbons (Fsp3) is 0.529. The molecule has 1 aromatic carbocycles. The zero-order valence-corrected chi connectivity index (χ0v) is 13.0. The quantitative estimate of drug-likeness (QED) is 0.586. The number of hydrogen-bond donors (Lipinski definition) is 1. The third-order valence-corrected chi connectivity index (χ3v) is 3.73. The number of carboxylic acids is 1. The van der Waals surface area contributed by atoms with Crippen molar-refractivity contribution in [2.45, 2.75) is 46.5 Å². The smallest absolute Gasteiger partial charge is 0.335 e. The van der Waals surface area contributed by atoms with Crippen molar-refractivity contribution in [2.75, 3.05) is 6.61 Å². The molecule has 0 aliphatic rings. The number of ether oxygens (including phenoxy) is 1.